The second kappa shape index (κ2) is 5.74. The third kappa shape index (κ3) is 3.24. The normalized spacial score (nSPS) is 10.7. The van der Waals surface area contributed by atoms with Gasteiger partial charge in [-0.15, -0.1) is 0 Å². The van der Waals surface area contributed by atoms with Crippen molar-refractivity contribution in [2.75, 3.05) is 19.0 Å². The van der Waals surface area contributed by atoms with E-state index in [0.717, 1.165) is 29.6 Å². The van der Waals surface area contributed by atoms with E-state index in [-0.39, 0.29) is 0 Å². The standard InChI is InChI=1S/C10H15N5OS/c1-3-9-13-10(17-14-9)12-8-6-11-15(7-8)4-5-16-2/h6-7H,3-5H2,1-2H3,(H,12,13,14). The molecule has 0 spiro atoms. The molecule has 2 aromatic rings. The van der Waals surface area contributed by atoms with Crippen molar-refractivity contribution in [3.05, 3.63) is 18.2 Å². The molecule has 17 heavy (non-hydrogen) atoms. The van der Waals surface area contributed by atoms with Crippen LogP contribution in [-0.2, 0) is 17.7 Å². The zero-order valence-electron chi connectivity index (χ0n) is 9.88. The van der Waals surface area contributed by atoms with Crippen LogP contribution in [0.4, 0.5) is 10.8 Å². The van der Waals surface area contributed by atoms with E-state index in [0.29, 0.717) is 6.61 Å². The second-order valence-electron chi connectivity index (χ2n) is 3.48. The minimum Gasteiger partial charge on any atom is -0.383 e. The van der Waals surface area contributed by atoms with Gasteiger partial charge < -0.3 is 10.1 Å². The molecule has 0 fully saturated rings. The summed E-state index contributed by atoms with van der Waals surface area (Å²) in [4.78, 5) is 4.33. The Bertz CT molecular complexity index is 467. The number of nitrogens with one attached hydrogen (secondary N) is 1. The number of nitrogens with zero attached hydrogens (tertiary/aromatic N) is 4. The van der Waals surface area contributed by atoms with Crippen LogP contribution in [0, 0.1) is 0 Å². The molecule has 0 atom stereocenters. The van der Waals surface area contributed by atoms with Gasteiger partial charge in [0, 0.05) is 31.3 Å². The monoisotopic (exact) mass is 253 g/mol. The fourth-order valence-electron chi connectivity index (χ4n) is 1.31. The van der Waals surface area contributed by atoms with Crippen molar-refractivity contribution in [1.29, 1.82) is 0 Å². The first-order valence-corrected chi connectivity index (χ1v) is 6.20. The van der Waals surface area contributed by atoms with Crippen molar-refractivity contribution in [3.8, 4) is 0 Å². The number of aryl methyl sites for hydroxylation is 1. The van der Waals surface area contributed by atoms with Crippen LogP contribution in [0.2, 0.25) is 0 Å². The van der Waals surface area contributed by atoms with E-state index < -0.39 is 0 Å². The van der Waals surface area contributed by atoms with E-state index in [2.05, 4.69) is 19.8 Å². The molecule has 6 nitrogen and oxygen atoms in total. The molecule has 92 valence electrons. The summed E-state index contributed by atoms with van der Waals surface area (Å²) in [6.45, 7) is 3.43. The predicted molar refractivity (Wildman–Crippen MR) is 66.7 cm³/mol. The Kier molecular flexibility index (Phi) is 4.05. The van der Waals surface area contributed by atoms with Gasteiger partial charge in [0.2, 0.25) is 5.13 Å². The fraction of sp³-hybridized carbons (Fsp3) is 0.500. The number of anilines is 2. The van der Waals surface area contributed by atoms with Crippen LogP contribution in [0.25, 0.3) is 0 Å². The molecule has 0 aliphatic heterocycles. The Hall–Kier alpha value is -1.47. The van der Waals surface area contributed by atoms with Crippen molar-refractivity contribution in [2.45, 2.75) is 19.9 Å². The summed E-state index contributed by atoms with van der Waals surface area (Å²) in [5.74, 6) is 0.865. The number of ether oxygens (including phenoxy) is 1. The van der Waals surface area contributed by atoms with Gasteiger partial charge in [-0.05, 0) is 0 Å². The molecule has 0 aliphatic carbocycles. The predicted octanol–water partition coefficient (Wildman–Crippen LogP) is 1.69. The highest BCUT2D eigenvalue weighted by Gasteiger charge is 2.04. The molecular weight excluding hydrogens is 238 g/mol. The molecule has 0 aliphatic rings. The highest BCUT2D eigenvalue weighted by atomic mass is 32.1. The number of hydrogen-bond acceptors (Lipinski definition) is 6. The van der Waals surface area contributed by atoms with Crippen LogP contribution in [-0.4, -0.2) is 32.9 Å². The molecule has 0 bridgehead atoms. The average molecular weight is 253 g/mol. The van der Waals surface area contributed by atoms with Crippen molar-refractivity contribution in [2.24, 2.45) is 0 Å². The van der Waals surface area contributed by atoms with Crippen LogP contribution >= 0.6 is 11.5 Å². The first-order valence-electron chi connectivity index (χ1n) is 5.43. The summed E-state index contributed by atoms with van der Waals surface area (Å²) in [7, 11) is 1.68. The fourth-order valence-corrected chi connectivity index (χ4v) is 1.98. The summed E-state index contributed by atoms with van der Waals surface area (Å²) in [5, 5.41) is 8.18. The maximum absolute atomic E-state index is 4.99. The van der Waals surface area contributed by atoms with Gasteiger partial charge in [-0.2, -0.15) is 9.47 Å². The highest BCUT2D eigenvalue weighted by Crippen LogP contribution is 2.17. The van der Waals surface area contributed by atoms with Crippen molar-refractivity contribution in [3.63, 3.8) is 0 Å². The van der Waals surface area contributed by atoms with Crippen LogP contribution < -0.4 is 5.32 Å². The lowest BCUT2D eigenvalue weighted by Gasteiger charge is -1.98. The zero-order valence-corrected chi connectivity index (χ0v) is 10.7. The van der Waals surface area contributed by atoms with Gasteiger partial charge in [0.25, 0.3) is 0 Å². The first kappa shape index (κ1) is 12.0. The lowest BCUT2D eigenvalue weighted by Crippen LogP contribution is -2.03. The minimum absolute atomic E-state index is 0.653. The molecule has 2 aromatic heterocycles. The molecule has 0 aromatic carbocycles. The largest absolute Gasteiger partial charge is 0.383 e. The lowest BCUT2D eigenvalue weighted by molar-refractivity contribution is 0.183. The molecule has 0 radical (unpaired) electrons. The summed E-state index contributed by atoms with van der Waals surface area (Å²) < 4.78 is 11.0. The van der Waals surface area contributed by atoms with E-state index >= 15 is 0 Å². The molecular formula is C10H15N5OS. The Morgan fingerprint density at radius 2 is 2.41 bits per heavy atom. The molecule has 0 saturated heterocycles. The van der Waals surface area contributed by atoms with Gasteiger partial charge in [-0.1, -0.05) is 6.92 Å². The van der Waals surface area contributed by atoms with E-state index in [9.17, 15) is 0 Å². The van der Waals surface area contributed by atoms with Gasteiger partial charge in [0.05, 0.1) is 25.0 Å². The van der Waals surface area contributed by atoms with E-state index in [4.69, 9.17) is 4.74 Å². The second-order valence-corrected chi connectivity index (χ2v) is 4.23. The molecule has 0 unspecified atom stereocenters. The van der Waals surface area contributed by atoms with Crippen molar-refractivity contribution < 1.29 is 4.74 Å². The summed E-state index contributed by atoms with van der Waals surface area (Å²) >= 11 is 1.36. The Morgan fingerprint density at radius 3 is 3.12 bits per heavy atom. The smallest absolute Gasteiger partial charge is 0.207 e. The van der Waals surface area contributed by atoms with Gasteiger partial charge in [0.1, 0.15) is 5.82 Å². The lowest BCUT2D eigenvalue weighted by atomic mass is 10.5. The van der Waals surface area contributed by atoms with E-state index in [1.807, 2.05) is 17.8 Å². The maximum atomic E-state index is 4.99. The number of rotatable bonds is 6. The minimum atomic E-state index is 0.653. The first-order chi connectivity index (χ1) is 8.31. The number of methoxy groups -OCH3 is 1. The van der Waals surface area contributed by atoms with Crippen LogP contribution in [0.15, 0.2) is 12.4 Å². The molecule has 2 heterocycles. The topological polar surface area (TPSA) is 64.9 Å². The third-order valence-electron chi connectivity index (χ3n) is 2.19. The Balaban J connectivity index is 1.96. The van der Waals surface area contributed by atoms with Crippen molar-refractivity contribution in [1.82, 2.24) is 19.1 Å². The molecule has 0 saturated carbocycles. The van der Waals surface area contributed by atoms with Gasteiger partial charge in [-0.25, -0.2) is 4.98 Å². The Morgan fingerprint density at radius 1 is 1.53 bits per heavy atom. The highest BCUT2D eigenvalue weighted by molar-refractivity contribution is 7.09. The van der Waals surface area contributed by atoms with Crippen LogP contribution in [0.3, 0.4) is 0 Å². The summed E-state index contributed by atoms with van der Waals surface area (Å²) in [6.07, 6.45) is 4.54. The molecule has 1 N–H and O–H groups in total. The maximum Gasteiger partial charge on any atom is 0.207 e. The summed E-state index contributed by atoms with van der Waals surface area (Å²) in [5.41, 5.74) is 0.917. The SMILES string of the molecule is CCc1nsc(Nc2cnn(CCOC)c2)n1. The quantitative estimate of drug-likeness (QED) is 0.848. The zero-order chi connectivity index (χ0) is 12.1. The van der Waals surface area contributed by atoms with Crippen molar-refractivity contribution >= 4 is 22.4 Å². The van der Waals surface area contributed by atoms with Gasteiger partial charge in [0.15, 0.2) is 0 Å². The number of aromatic nitrogens is 4. The van der Waals surface area contributed by atoms with Crippen LogP contribution in [0.1, 0.15) is 12.7 Å². The molecule has 7 heteroatoms. The van der Waals surface area contributed by atoms with Gasteiger partial charge in [-0.3, -0.25) is 4.68 Å². The molecule has 2 rings (SSSR count). The molecule has 0 amide bonds. The third-order valence-corrected chi connectivity index (χ3v) is 2.86. The van der Waals surface area contributed by atoms with Crippen LogP contribution in [0.5, 0.6) is 0 Å². The van der Waals surface area contributed by atoms with E-state index in [1.54, 1.807) is 13.3 Å². The Labute approximate surface area is 104 Å². The number of hydrogen-bond donors (Lipinski definition) is 1. The average Bonchev–Trinajstić information content (AvgIpc) is 2.96. The van der Waals surface area contributed by atoms with E-state index in [1.165, 1.54) is 11.5 Å². The van der Waals surface area contributed by atoms with Gasteiger partial charge >= 0.3 is 0 Å². The summed E-state index contributed by atoms with van der Waals surface area (Å²) in [6, 6.07) is 0.